The zero-order valence-corrected chi connectivity index (χ0v) is 38.7. The number of hydrogen-bond donors (Lipinski definition) is 0. The fraction of sp³-hybridized carbons (Fsp3) is 0.0333. The molecule has 66 heavy (non-hydrogen) atoms. The van der Waals surface area contributed by atoms with Crippen molar-refractivity contribution in [2.45, 2.75) is 13.8 Å². The van der Waals surface area contributed by atoms with Gasteiger partial charge >= 0.3 is 0 Å². The van der Waals surface area contributed by atoms with Gasteiger partial charge < -0.3 is 9.47 Å². The summed E-state index contributed by atoms with van der Waals surface area (Å²) in [5.41, 5.74) is 6.75. The molecule has 0 fully saturated rings. The second kappa shape index (κ2) is 16.0. The van der Waals surface area contributed by atoms with Crippen LogP contribution >= 0.6 is 0 Å². The van der Waals surface area contributed by atoms with Gasteiger partial charge in [-0.05, 0) is 96.8 Å². The molecule has 9 aromatic carbocycles. The van der Waals surface area contributed by atoms with E-state index in [-0.39, 0.29) is 0 Å². The number of aromatic nitrogens is 2. The van der Waals surface area contributed by atoms with Crippen molar-refractivity contribution >= 4 is 57.6 Å². The van der Waals surface area contributed by atoms with E-state index in [1.165, 1.54) is 36.3 Å². The topological polar surface area (TPSA) is 44.2 Å². The summed E-state index contributed by atoms with van der Waals surface area (Å²) in [6.07, 6.45) is 0. The Morgan fingerprint density at radius 2 is 0.697 bits per heavy atom. The highest BCUT2D eigenvalue weighted by Gasteiger charge is 2.50. The van der Waals surface area contributed by atoms with Crippen molar-refractivity contribution < 1.29 is 9.47 Å². The van der Waals surface area contributed by atoms with Crippen LogP contribution in [-0.2, 0) is 0 Å². The fourth-order valence-corrected chi connectivity index (χ4v) is 20.8. The van der Waals surface area contributed by atoms with Crippen LogP contribution in [0.4, 0.5) is 0 Å². The van der Waals surface area contributed by atoms with Gasteiger partial charge in [-0.2, -0.15) is 0 Å². The van der Waals surface area contributed by atoms with Crippen molar-refractivity contribution in [2.75, 3.05) is 0 Å². The molecule has 0 aliphatic carbocycles. The van der Waals surface area contributed by atoms with Gasteiger partial charge in [0, 0.05) is 11.1 Å². The average Bonchev–Trinajstić information content (AvgIpc) is 3.38. The maximum atomic E-state index is 7.21. The number of ether oxygens (including phenoxy) is 2. The average molecular weight is 881 g/mol. The standard InChI is InChI=1S/C60H44N2O2Si2/c1-41-22-19-23-42(2)57(41)50-40-49(47-32-20-38-55-58(47)63-51-34-15-17-36-53(51)65(55,43-24-7-3-8-25-43)44-26-9-4-10-27-44)61-60(62-50)48-33-21-39-56-59(48)64-52-35-16-18-37-54(52)66(56,45-28-11-5-12-29-45)46-30-13-6-14-31-46/h3-40H,1-2H3. The number of aryl methyl sites for hydroxylation is 2. The lowest BCUT2D eigenvalue weighted by atomic mass is 9.98. The molecular formula is C60H44N2O2Si2. The van der Waals surface area contributed by atoms with Crippen LogP contribution in [0.25, 0.3) is 33.9 Å². The van der Waals surface area contributed by atoms with E-state index in [9.17, 15) is 0 Å². The number of hydrogen-bond acceptors (Lipinski definition) is 4. The largest absolute Gasteiger partial charge is 0.457 e. The van der Waals surface area contributed by atoms with Crippen LogP contribution in [0.3, 0.4) is 0 Å². The predicted octanol–water partition coefficient (Wildman–Crippen LogP) is 9.06. The Morgan fingerprint density at radius 1 is 0.333 bits per heavy atom. The molecule has 0 radical (unpaired) electrons. The van der Waals surface area contributed by atoms with Crippen LogP contribution in [0.2, 0.25) is 0 Å². The van der Waals surface area contributed by atoms with Crippen molar-refractivity contribution in [1.82, 2.24) is 9.97 Å². The summed E-state index contributed by atoms with van der Waals surface area (Å²) in [4.78, 5) is 11.2. The molecule has 12 rings (SSSR count). The van der Waals surface area contributed by atoms with E-state index in [2.05, 4.69) is 244 Å². The SMILES string of the molecule is Cc1cccc(C)c1-c1cc(-c2cccc3c2Oc2ccccc2[Si]3(c2ccccc2)c2ccccc2)nc(-c2cccc3c2Oc2ccccc2[Si]3(c2ccccc2)c2ccccc2)n1. The molecule has 1 aromatic heterocycles. The molecule has 2 aliphatic heterocycles. The van der Waals surface area contributed by atoms with Crippen LogP contribution in [0, 0.1) is 13.8 Å². The summed E-state index contributed by atoms with van der Waals surface area (Å²) in [6, 6.07) is 83.1. The molecule has 314 valence electrons. The lowest BCUT2D eigenvalue weighted by molar-refractivity contribution is 0.488. The predicted molar refractivity (Wildman–Crippen MR) is 275 cm³/mol. The Bertz CT molecular complexity index is 3150. The van der Waals surface area contributed by atoms with Crippen LogP contribution in [0.15, 0.2) is 231 Å². The molecule has 3 heterocycles. The van der Waals surface area contributed by atoms with Crippen molar-refractivity contribution in [2.24, 2.45) is 0 Å². The first kappa shape index (κ1) is 39.7. The zero-order chi connectivity index (χ0) is 44.2. The molecular weight excluding hydrogens is 837 g/mol. The van der Waals surface area contributed by atoms with Crippen LogP contribution < -0.4 is 51.0 Å². The minimum absolute atomic E-state index is 0.592. The van der Waals surface area contributed by atoms with Crippen LogP contribution in [-0.4, -0.2) is 26.1 Å². The lowest BCUT2D eigenvalue weighted by Gasteiger charge is -2.40. The van der Waals surface area contributed by atoms with E-state index in [0.717, 1.165) is 67.4 Å². The van der Waals surface area contributed by atoms with Gasteiger partial charge in [0.05, 0.1) is 17.0 Å². The summed E-state index contributed by atoms with van der Waals surface area (Å²) in [7, 11) is -5.87. The highest BCUT2D eigenvalue weighted by molar-refractivity contribution is 7.21. The highest BCUT2D eigenvalue weighted by atomic mass is 28.3. The third-order valence-electron chi connectivity index (χ3n) is 13.7. The fourth-order valence-electron chi connectivity index (χ4n) is 10.9. The minimum Gasteiger partial charge on any atom is -0.457 e. The van der Waals surface area contributed by atoms with Gasteiger partial charge in [-0.15, -0.1) is 0 Å². The van der Waals surface area contributed by atoms with E-state index in [4.69, 9.17) is 19.4 Å². The van der Waals surface area contributed by atoms with Gasteiger partial charge in [-0.25, -0.2) is 9.97 Å². The molecule has 0 saturated heterocycles. The molecule has 0 saturated carbocycles. The number of fused-ring (bicyclic) bond motifs is 4. The van der Waals surface area contributed by atoms with E-state index >= 15 is 0 Å². The van der Waals surface area contributed by atoms with Gasteiger partial charge in [0.2, 0.25) is 0 Å². The Labute approximate surface area is 387 Å². The quantitative estimate of drug-likeness (QED) is 0.150. The van der Waals surface area contributed by atoms with Crippen molar-refractivity contribution in [3.8, 4) is 56.9 Å². The molecule has 0 N–H and O–H groups in total. The van der Waals surface area contributed by atoms with Crippen molar-refractivity contribution in [1.29, 1.82) is 0 Å². The molecule has 0 unspecified atom stereocenters. The summed E-state index contributed by atoms with van der Waals surface area (Å²) < 4.78 is 14.4. The maximum absolute atomic E-state index is 7.21. The summed E-state index contributed by atoms with van der Waals surface area (Å²) in [5.74, 6) is 3.94. The van der Waals surface area contributed by atoms with Gasteiger partial charge in [0.1, 0.15) is 23.0 Å². The Balaban J connectivity index is 1.15. The Morgan fingerprint density at radius 3 is 1.17 bits per heavy atom. The monoisotopic (exact) mass is 880 g/mol. The summed E-state index contributed by atoms with van der Waals surface area (Å²) in [5, 5.41) is 9.95. The van der Waals surface area contributed by atoms with Crippen molar-refractivity contribution in [3.05, 3.63) is 242 Å². The van der Waals surface area contributed by atoms with E-state index in [0.29, 0.717) is 5.82 Å². The maximum Gasteiger partial charge on any atom is 0.188 e. The molecule has 10 aromatic rings. The molecule has 0 atom stereocenters. The van der Waals surface area contributed by atoms with Gasteiger partial charge in [0.25, 0.3) is 0 Å². The van der Waals surface area contributed by atoms with Gasteiger partial charge in [-0.3, -0.25) is 0 Å². The van der Waals surface area contributed by atoms with Crippen molar-refractivity contribution in [3.63, 3.8) is 0 Å². The number of rotatable bonds is 7. The molecule has 0 amide bonds. The van der Waals surface area contributed by atoms with Crippen LogP contribution in [0.1, 0.15) is 11.1 Å². The smallest absolute Gasteiger partial charge is 0.188 e. The van der Waals surface area contributed by atoms with Gasteiger partial charge in [0.15, 0.2) is 22.0 Å². The molecule has 0 bridgehead atoms. The molecule has 2 aliphatic rings. The number of nitrogens with zero attached hydrogens (tertiary/aromatic N) is 2. The first-order chi connectivity index (χ1) is 32.6. The number of para-hydroxylation sites is 4. The summed E-state index contributed by atoms with van der Waals surface area (Å²) >= 11 is 0. The second-order valence-corrected chi connectivity index (χ2v) is 24.7. The lowest BCUT2D eigenvalue weighted by Crippen LogP contribution is -2.76. The first-order valence-corrected chi connectivity index (χ1v) is 26.6. The zero-order valence-electron chi connectivity index (χ0n) is 36.7. The van der Waals surface area contributed by atoms with E-state index in [1.54, 1.807) is 0 Å². The highest BCUT2D eigenvalue weighted by Crippen LogP contribution is 2.41. The first-order valence-electron chi connectivity index (χ1n) is 22.6. The third kappa shape index (κ3) is 6.03. The molecule has 0 spiro atoms. The molecule has 6 heteroatoms. The minimum atomic E-state index is -2.94. The van der Waals surface area contributed by atoms with E-state index in [1.807, 2.05) is 0 Å². The summed E-state index contributed by atoms with van der Waals surface area (Å²) in [6.45, 7) is 4.33. The second-order valence-electron chi connectivity index (χ2n) is 17.3. The normalized spacial score (nSPS) is 13.8. The molecule has 4 nitrogen and oxygen atoms in total. The van der Waals surface area contributed by atoms with E-state index < -0.39 is 16.1 Å². The number of benzene rings is 9. The van der Waals surface area contributed by atoms with Crippen LogP contribution in [0.5, 0.6) is 23.0 Å². The Kier molecular flexibility index (Phi) is 9.59. The van der Waals surface area contributed by atoms with Gasteiger partial charge in [-0.1, -0.05) is 200 Å². The Hall–Kier alpha value is -7.91. The third-order valence-corrected chi connectivity index (χ3v) is 23.3.